The van der Waals surface area contributed by atoms with Crippen LogP contribution in [0.2, 0.25) is 5.02 Å². The highest BCUT2D eigenvalue weighted by Crippen LogP contribution is 2.42. The van der Waals surface area contributed by atoms with E-state index >= 15 is 0 Å². The SMILES string of the molecule is Cc1c(Cl)cccc1NC(=O)C1SC(=Nc2ccccc2)C(c2nc3ccccc3s2)=C1N. The number of nitrogens with zero attached hydrogens (tertiary/aromatic N) is 2. The summed E-state index contributed by atoms with van der Waals surface area (Å²) in [4.78, 5) is 22.9. The molecule has 1 unspecified atom stereocenters. The first-order chi connectivity index (χ1) is 16.0. The summed E-state index contributed by atoms with van der Waals surface area (Å²) in [7, 11) is 0. The lowest BCUT2D eigenvalue weighted by Gasteiger charge is -2.13. The van der Waals surface area contributed by atoms with Crippen molar-refractivity contribution < 1.29 is 4.79 Å². The van der Waals surface area contributed by atoms with Crippen molar-refractivity contribution in [1.29, 1.82) is 0 Å². The Balaban J connectivity index is 1.56. The molecule has 1 aliphatic rings. The van der Waals surface area contributed by atoms with E-state index in [0.29, 0.717) is 27.0 Å². The lowest BCUT2D eigenvalue weighted by molar-refractivity contribution is -0.115. The molecule has 0 fully saturated rings. The summed E-state index contributed by atoms with van der Waals surface area (Å²) in [5.41, 5.74) is 10.9. The number of nitrogens with one attached hydrogen (secondary N) is 1. The van der Waals surface area contributed by atoms with Gasteiger partial charge in [-0.15, -0.1) is 11.3 Å². The predicted molar refractivity (Wildman–Crippen MR) is 140 cm³/mol. The second kappa shape index (κ2) is 9.02. The maximum atomic E-state index is 13.3. The molecule has 5 nitrogen and oxygen atoms in total. The number of amides is 1. The number of para-hydroxylation sites is 2. The van der Waals surface area contributed by atoms with Crippen LogP contribution in [0.25, 0.3) is 15.8 Å². The highest BCUT2D eigenvalue weighted by molar-refractivity contribution is 8.16. The summed E-state index contributed by atoms with van der Waals surface area (Å²) < 4.78 is 1.05. The third-order valence-electron chi connectivity index (χ3n) is 5.27. The smallest absolute Gasteiger partial charge is 0.243 e. The van der Waals surface area contributed by atoms with Crippen LogP contribution in [0.4, 0.5) is 11.4 Å². The van der Waals surface area contributed by atoms with Gasteiger partial charge < -0.3 is 11.1 Å². The zero-order valence-corrected chi connectivity index (χ0v) is 20.0. The Bertz CT molecular complexity index is 1400. The van der Waals surface area contributed by atoms with Gasteiger partial charge in [0.2, 0.25) is 5.91 Å². The highest BCUT2D eigenvalue weighted by Gasteiger charge is 2.37. The van der Waals surface area contributed by atoms with Crippen LogP contribution in [0.5, 0.6) is 0 Å². The first-order valence-corrected chi connectivity index (χ1v) is 12.3. The maximum absolute atomic E-state index is 13.3. The van der Waals surface area contributed by atoms with Crippen LogP contribution < -0.4 is 11.1 Å². The van der Waals surface area contributed by atoms with E-state index in [1.54, 1.807) is 23.5 Å². The van der Waals surface area contributed by atoms with E-state index in [0.717, 1.165) is 26.5 Å². The molecule has 1 atom stereocenters. The lowest BCUT2D eigenvalue weighted by Crippen LogP contribution is -2.28. The zero-order valence-electron chi connectivity index (χ0n) is 17.6. The van der Waals surface area contributed by atoms with Gasteiger partial charge in [0, 0.05) is 16.4 Å². The second-order valence-electron chi connectivity index (χ2n) is 7.47. The predicted octanol–water partition coefficient (Wildman–Crippen LogP) is 6.41. The van der Waals surface area contributed by atoms with Crippen molar-refractivity contribution >= 4 is 72.8 Å². The molecule has 3 N–H and O–H groups in total. The molecular formula is C25H19ClN4OS2. The van der Waals surface area contributed by atoms with Gasteiger partial charge in [0.05, 0.1) is 21.5 Å². The van der Waals surface area contributed by atoms with Crippen molar-refractivity contribution in [2.45, 2.75) is 12.2 Å². The van der Waals surface area contributed by atoms with Crippen molar-refractivity contribution in [3.05, 3.63) is 94.1 Å². The largest absolute Gasteiger partial charge is 0.400 e. The number of nitrogens with two attached hydrogens (primary N) is 1. The Hall–Kier alpha value is -3.13. The molecule has 0 radical (unpaired) electrons. The molecule has 4 aromatic rings. The molecular weight excluding hydrogens is 472 g/mol. The van der Waals surface area contributed by atoms with Crippen LogP contribution >= 0.6 is 34.7 Å². The van der Waals surface area contributed by atoms with Gasteiger partial charge in [-0.2, -0.15) is 0 Å². The van der Waals surface area contributed by atoms with Crippen LogP contribution in [0.1, 0.15) is 10.6 Å². The zero-order chi connectivity index (χ0) is 22.9. The molecule has 0 saturated heterocycles. The number of thiazole rings is 1. The number of hydrogen-bond acceptors (Lipinski definition) is 6. The van der Waals surface area contributed by atoms with Crippen LogP contribution in [0.15, 0.2) is 83.5 Å². The number of fused-ring (bicyclic) bond motifs is 1. The fourth-order valence-electron chi connectivity index (χ4n) is 3.52. The number of carbonyl (C=O) groups is 1. The summed E-state index contributed by atoms with van der Waals surface area (Å²) >= 11 is 9.10. The maximum Gasteiger partial charge on any atom is 0.243 e. The topological polar surface area (TPSA) is 80.4 Å². The minimum Gasteiger partial charge on any atom is -0.400 e. The summed E-state index contributed by atoms with van der Waals surface area (Å²) in [5.74, 6) is -0.222. The minimum absolute atomic E-state index is 0.222. The monoisotopic (exact) mass is 490 g/mol. The number of benzene rings is 3. The summed E-state index contributed by atoms with van der Waals surface area (Å²) in [6.45, 7) is 1.87. The lowest BCUT2D eigenvalue weighted by atomic mass is 10.1. The van der Waals surface area contributed by atoms with Crippen molar-refractivity contribution in [1.82, 2.24) is 4.98 Å². The van der Waals surface area contributed by atoms with Crippen LogP contribution in [0.3, 0.4) is 0 Å². The number of aliphatic imine (C=N–C) groups is 1. The van der Waals surface area contributed by atoms with E-state index in [9.17, 15) is 4.79 Å². The number of anilines is 1. The molecule has 3 aromatic carbocycles. The quantitative estimate of drug-likeness (QED) is 0.346. The van der Waals surface area contributed by atoms with Crippen LogP contribution in [-0.4, -0.2) is 21.2 Å². The Morgan fingerprint density at radius 1 is 1.06 bits per heavy atom. The molecule has 33 heavy (non-hydrogen) atoms. The third kappa shape index (κ3) is 4.27. The molecule has 8 heteroatoms. The molecule has 0 saturated carbocycles. The number of carbonyl (C=O) groups excluding carboxylic acids is 1. The number of rotatable bonds is 4. The van der Waals surface area contributed by atoms with Gasteiger partial charge in [-0.1, -0.05) is 59.8 Å². The fraction of sp³-hybridized carbons (Fsp3) is 0.0800. The molecule has 1 aromatic heterocycles. The number of halogens is 1. The number of thioether (sulfide) groups is 1. The van der Waals surface area contributed by atoms with E-state index in [4.69, 9.17) is 27.3 Å². The minimum atomic E-state index is -0.632. The van der Waals surface area contributed by atoms with E-state index in [1.165, 1.54) is 11.8 Å². The first kappa shape index (κ1) is 21.7. The van der Waals surface area contributed by atoms with E-state index in [-0.39, 0.29) is 5.91 Å². The average Bonchev–Trinajstić information content (AvgIpc) is 3.38. The summed E-state index contributed by atoms with van der Waals surface area (Å²) in [5, 5.41) is 4.37. The molecule has 164 valence electrons. The fourth-order valence-corrected chi connectivity index (χ4v) is 5.92. The van der Waals surface area contributed by atoms with Crippen molar-refractivity contribution in [3.63, 3.8) is 0 Å². The van der Waals surface area contributed by atoms with Crippen molar-refractivity contribution in [2.75, 3.05) is 5.32 Å². The molecule has 0 bridgehead atoms. The number of hydrogen-bond donors (Lipinski definition) is 2. The van der Waals surface area contributed by atoms with Gasteiger partial charge in [0.25, 0.3) is 0 Å². The Kier molecular flexibility index (Phi) is 5.93. The Morgan fingerprint density at radius 2 is 1.82 bits per heavy atom. The Labute approximate surface area is 204 Å². The van der Waals surface area contributed by atoms with Crippen LogP contribution in [-0.2, 0) is 4.79 Å². The van der Waals surface area contributed by atoms with Gasteiger partial charge in [0.1, 0.15) is 15.3 Å². The molecule has 2 heterocycles. The normalized spacial score (nSPS) is 17.2. The van der Waals surface area contributed by atoms with E-state index in [2.05, 4.69) is 5.32 Å². The summed E-state index contributed by atoms with van der Waals surface area (Å²) in [6, 6.07) is 23.0. The van der Waals surface area contributed by atoms with E-state index < -0.39 is 5.25 Å². The first-order valence-electron chi connectivity index (χ1n) is 10.2. The highest BCUT2D eigenvalue weighted by atomic mass is 35.5. The van der Waals surface area contributed by atoms with Gasteiger partial charge in [0.15, 0.2) is 0 Å². The van der Waals surface area contributed by atoms with Gasteiger partial charge >= 0.3 is 0 Å². The molecule has 1 aliphatic heterocycles. The molecule has 0 spiro atoms. The average molecular weight is 491 g/mol. The van der Waals surface area contributed by atoms with Gasteiger partial charge in [-0.25, -0.2) is 9.98 Å². The standard InChI is InChI=1S/C25H19ClN4OS2/c1-14-16(26)10-7-12-17(14)29-23(31)22-21(27)20(24(33-22)28-15-8-3-2-4-9-15)25-30-18-11-5-6-13-19(18)32-25/h2-13,22H,27H2,1H3,(H,29,31). The second-order valence-corrected chi connectivity index (χ2v) is 10.0. The van der Waals surface area contributed by atoms with Crippen molar-refractivity contribution in [2.24, 2.45) is 10.7 Å². The molecule has 0 aliphatic carbocycles. The third-order valence-corrected chi connectivity index (χ3v) is 7.96. The van der Waals surface area contributed by atoms with Gasteiger partial charge in [-0.3, -0.25) is 4.79 Å². The van der Waals surface area contributed by atoms with Crippen molar-refractivity contribution in [3.8, 4) is 0 Å². The van der Waals surface area contributed by atoms with E-state index in [1.807, 2.05) is 67.6 Å². The molecule has 5 rings (SSSR count). The number of aromatic nitrogens is 1. The Morgan fingerprint density at radius 3 is 2.61 bits per heavy atom. The van der Waals surface area contributed by atoms with Crippen LogP contribution in [0, 0.1) is 6.92 Å². The molecule has 1 amide bonds. The summed E-state index contributed by atoms with van der Waals surface area (Å²) in [6.07, 6.45) is 0. The van der Waals surface area contributed by atoms with Gasteiger partial charge in [-0.05, 0) is 48.9 Å².